The summed E-state index contributed by atoms with van der Waals surface area (Å²) < 4.78 is 13.6. The van der Waals surface area contributed by atoms with Crippen LogP contribution in [0.1, 0.15) is 32.1 Å². The highest BCUT2D eigenvalue weighted by molar-refractivity contribution is 6.33. The molecule has 0 unspecified atom stereocenters. The van der Waals surface area contributed by atoms with Crippen LogP contribution in [0.5, 0.6) is 0 Å². The van der Waals surface area contributed by atoms with Gasteiger partial charge in [0.1, 0.15) is 5.82 Å². The molecular formula is C14H18ClFN2O. The van der Waals surface area contributed by atoms with E-state index in [0.717, 1.165) is 25.7 Å². The van der Waals surface area contributed by atoms with E-state index in [2.05, 4.69) is 5.32 Å². The Morgan fingerprint density at radius 1 is 1.37 bits per heavy atom. The molecule has 1 fully saturated rings. The highest BCUT2D eigenvalue weighted by Gasteiger charge is 2.23. The molecule has 0 spiro atoms. The third-order valence-electron chi connectivity index (χ3n) is 3.64. The topological polar surface area (TPSA) is 32.3 Å². The molecule has 0 saturated heterocycles. The number of rotatable bonds is 2. The second kappa shape index (κ2) is 6.24. The van der Waals surface area contributed by atoms with Gasteiger partial charge in [0.2, 0.25) is 0 Å². The minimum atomic E-state index is -0.516. The third-order valence-corrected chi connectivity index (χ3v) is 3.95. The van der Waals surface area contributed by atoms with E-state index in [-0.39, 0.29) is 22.8 Å². The van der Waals surface area contributed by atoms with Crippen molar-refractivity contribution in [3.63, 3.8) is 0 Å². The third kappa shape index (κ3) is 3.38. The van der Waals surface area contributed by atoms with Crippen molar-refractivity contribution in [2.24, 2.45) is 0 Å². The van der Waals surface area contributed by atoms with Crippen LogP contribution < -0.4 is 5.32 Å². The lowest BCUT2D eigenvalue weighted by Crippen LogP contribution is -2.41. The molecule has 1 aliphatic carbocycles. The predicted octanol–water partition coefficient (Wildman–Crippen LogP) is 4.28. The van der Waals surface area contributed by atoms with E-state index in [9.17, 15) is 9.18 Å². The molecule has 0 aliphatic heterocycles. The monoisotopic (exact) mass is 284 g/mol. The fourth-order valence-corrected chi connectivity index (χ4v) is 2.66. The summed E-state index contributed by atoms with van der Waals surface area (Å²) >= 11 is 5.89. The van der Waals surface area contributed by atoms with Gasteiger partial charge in [-0.2, -0.15) is 0 Å². The Bertz CT molecular complexity index is 441. The van der Waals surface area contributed by atoms with Crippen LogP contribution in [-0.2, 0) is 0 Å². The molecule has 1 saturated carbocycles. The van der Waals surface area contributed by atoms with Gasteiger partial charge in [0.05, 0.1) is 10.7 Å². The van der Waals surface area contributed by atoms with Gasteiger partial charge < -0.3 is 10.2 Å². The van der Waals surface area contributed by atoms with E-state index in [1.54, 1.807) is 18.0 Å². The Hall–Kier alpha value is -1.29. The van der Waals surface area contributed by atoms with Crippen LogP contribution in [0.15, 0.2) is 18.2 Å². The molecule has 104 valence electrons. The zero-order valence-electron chi connectivity index (χ0n) is 11.0. The highest BCUT2D eigenvalue weighted by Crippen LogP contribution is 2.26. The fourth-order valence-electron chi connectivity index (χ4n) is 2.45. The van der Waals surface area contributed by atoms with Crippen LogP contribution in [-0.4, -0.2) is 24.0 Å². The lowest BCUT2D eigenvalue weighted by molar-refractivity contribution is 0.186. The lowest BCUT2D eigenvalue weighted by Gasteiger charge is -2.31. The number of para-hydroxylation sites is 1. The highest BCUT2D eigenvalue weighted by atomic mass is 35.5. The number of urea groups is 1. The molecule has 5 heteroatoms. The number of halogens is 2. The van der Waals surface area contributed by atoms with Crippen molar-refractivity contribution in [3.8, 4) is 0 Å². The number of nitrogens with zero attached hydrogens (tertiary/aromatic N) is 1. The first-order valence-electron chi connectivity index (χ1n) is 6.57. The summed E-state index contributed by atoms with van der Waals surface area (Å²) in [4.78, 5) is 13.8. The van der Waals surface area contributed by atoms with Crippen LogP contribution in [0.3, 0.4) is 0 Å². The molecule has 0 radical (unpaired) electrons. The van der Waals surface area contributed by atoms with Gasteiger partial charge in [-0.05, 0) is 25.0 Å². The van der Waals surface area contributed by atoms with Crippen molar-refractivity contribution in [2.45, 2.75) is 38.1 Å². The SMILES string of the molecule is CN(C(=O)Nc1c(F)cccc1Cl)C1CCCCC1. The zero-order chi connectivity index (χ0) is 13.8. The van der Waals surface area contributed by atoms with Crippen LogP contribution in [0, 0.1) is 5.82 Å². The maximum absolute atomic E-state index is 13.6. The van der Waals surface area contributed by atoms with Gasteiger partial charge in [-0.25, -0.2) is 9.18 Å². The summed E-state index contributed by atoms with van der Waals surface area (Å²) in [5.74, 6) is -0.516. The Balaban J connectivity index is 2.04. The minimum Gasteiger partial charge on any atom is -0.325 e. The van der Waals surface area contributed by atoms with Crippen LogP contribution in [0.4, 0.5) is 14.9 Å². The standard InChI is InChI=1S/C14H18ClFN2O/c1-18(10-6-3-2-4-7-10)14(19)17-13-11(15)8-5-9-12(13)16/h5,8-10H,2-4,6-7H2,1H3,(H,17,19). The first kappa shape index (κ1) is 14.1. The van der Waals surface area contributed by atoms with Gasteiger partial charge in [-0.15, -0.1) is 0 Å². The van der Waals surface area contributed by atoms with Crippen molar-refractivity contribution < 1.29 is 9.18 Å². The van der Waals surface area contributed by atoms with Crippen molar-refractivity contribution in [1.29, 1.82) is 0 Å². The summed E-state index contributed by atoms with van der Waals surface area (Å²) in [5.41, 5.74) is 0.0526. The number of amides is 2. The molecule has 0 heterocycles. The molecule has 2 amide bonds. The van der Waals surface area contributed by atoms with Crippen molar-refractivity contribution in [3.05, 3.63) is 29.0 Å². The lowest BCUT2D eigenvalue weighted by atomic mass is 9.95. The molecule has 1 N–H and O–H groups in total. The van der Waals surface area contributed by atoms with Crippen molar-refractivity contribution in [2.75, 3.05) is 12.4 Å². The second-order valence-electron chi connectivity index (χ2n) is 4.93. The predicted molar refractivity (Wildman–Crippen MR) is 75.1 cm³/mol. The quantitative estimate of drug-likeness (QED) is 0.864. The number of hydrogen-bond donors (Lipinski definition) is 1. The smallest absolute Gasteiger partial charge is 0.321 e. The molecule has 1 aromatic carbocycles. The van der Waals surface area contributed by atoms with E-state index in [1.165, 1.54) is 18.6 Å². The second-order valence-corrected chi connectivity index (χ2v) is 5.34. The summed E-state index contributed by atoms with van der Waals surface area (Å²) in [6.45, 7) is 0. The Morgan fingerprint density at radius 2 is 2.05 bits per heavy atom. The average molecular weight is 285 g/mol. The molecule has 2 rings (SSSR count). The molecule has 0 atom stereocenters. The fraction of sp³-hybridized carbons (Fsp3) is 0.500. The van der Waals surface area contributed by atoms with Gasteiger partial charge in [0, 0.05) is 13.1 Å². The number of carbonyl (C=O) groups excluding carboxylic acids is 1. The van der Waals surface area contributed by atoms with E-state index in [1.807, 2.05) is 0 Å². The maximum atomic E-state index is 13.6. The van der Waals surface area contributed by atoms with E-state index >= 15 is 0 Å². The van der Waals surface area contributed by atoms with Crippen molar-refractivity contribution >= 4 is 23.3 Å². The zero-order valence-corrected chi connectivity index (χ0v) is 11.7. The average Bonchev–Trinajstić information content (AvgIpc) is 2.43. The van der Waals surface area contributed by atoms with Crippen LogP contribution in [0.2, 0.25) is 5.02 Å². The van der Waals surface area contributed by atoms with Gasteiger partial charge >= 0.3 is 6.03 Å². The Labute approximate surface area is 117 Å². The number of nitrogens with one attached hydrogen (secondary N) is 1. The summed E-state index contributed by atoms with van der Waals surface area (Å²) in [6, 6.07) is 4.28. The van der Waals surface area contributed by atoms with Gasteiger partial charge in [0.15, 0.2) is 0 Å². The van der Waals surface area contributed by atoms with Crippen molar-refractivity contribution in [1.82, 2.24) is 4.90 Å². The normalized spacial score (nSPS) is 16.2. The Kier molecular flexibility index (Phi) is 4.64. The maximum Gasteiger partial charge on any atom is 0.321 e. The molecular weight excluding hydrogens is 267 g/mol. The number of hydrogen-bond acceptors (Lipinski definition) is 1. The molecule has 0 aromatic heterocycles. The minimum absolute atomic E-state index is 0.0526. The first-order chi connectivity index (χ1) is 9.09. The van der Waals surface area contributed by atoms with Gasteiger partial charge in [0.25, 0.3) is 0 Å². The summed E-state index contributed by atoms with van der Waals surface area (Å²) in [6.07, 6.45) is 5.53. The number of carbonyl (C=O) groups is 1. The van der Waals surface area contributed by atoms with Crippen LogP contribution >= 0.6 is 11.6 Å². The Morgan fingerprint density at radius 3 is 2.68 bits per heavy atom. The number of anilines is 1. The number of benzene rings is 1. The van der Waals surface area contributed by atoms with Gasteiger partial charge in [-0.1, -0.05) is 36.9 Å². The molecule has 1 aromatic rings. The molecule has 0 bridgehead atoms. The summed E-state index contributed by atoms with van der Waals surface area (Å²) in [7, 11) is 1.75. The van der Waals surface area contributed by atoms with E-state index in [4.69, 9.17) is 11.6 Å². The molecule has 19 heavy (non-hydrogen) atoms. The largest absolute Gasteiger partial charge is 0.325 e. The molecule has 1 aliphatic rings. The van der Waals surface area contributed by atoms with Crippen LogP contribution in [0.25, 0.3) is 0 Å². The van der Waals surface area contributed by atoms with Gasteiger partial charge in [-0.3, -0.25) is 0 Å². The van der Waals surface area contributed by atoms with E-state index < -0.39 is 5.82 Å². The molecule has 3 nitrogen and oxygen atoms in total. The summed E-state index contributed by atoms with van der Waals surface area (Å²) in [5, 5.41) is 2.77. The van der Waals surface area contributed by atoms with E-state index in [0.29, 0.717) is 0 Å². The first-order valence-corrected chi connectivity index (χ1v) is 6.95.